The molecule has 0 bridgehead atoms. The zero-order chi connectivity index (χ0) is 10.4. The van der Waals surface area contributed by atoms with Gasteiger partial charge in [0, 0.05) is 13.2 Å². The van der Waals surface area contributed by atoms with Crippen LogP contribution in [0.4, 0.5) is 0 Å². The van der Waals surface area contributed by atoms with Gasteiger partial charge in [0.1, 0.15) is 6.04 Å². The second-order valence-corrected chi connectivity index (χ2v) is 3.47. The number of nitrogens with two attached hydrogens (primary N) is 1. The van der Waals surface area contributed by atoms with Gasteiger partial charge in [-0.2, -0.15) is 0 Å². The van der Waals surface area contributed by atoms with E-state index >= 15 is 0 Å². The Morgan fingerprint density at radius 2 is 2.21 bits per heavy atom. The predicted molar refractivity (Wildman–Crippen MR) is 49.6 cm³/mol. The second kappa shape index (κ2) is 5.95. The molecular formula is C9H17NO4. The molecule has 0 unspecified atom stereocenters. The normalized spacial score (nSPS) is 20.4. The van der Waals surface area contributed by atoms with E-state index in [0.29, 0.717) is 12.5 Å². The van der Waals surface area contributed by atoms with Crippen molar-refractivity contribution in [1.82, 2.24) is 0 Å². The molecule has 0 saturated carbocycles. The van der Waals surface area contributed by atoms with E-state index < -0.39 is 12.0 Å². The summed E-state index contributed by atoms with van der Waals surface area (Å²) in [6.45, 7) is 1.48. The van der Waals surface area contributed by atoms with Crippen LogP contribution in [0.25, 0.3) is 0 Å². The summed E-state index contributed by atoms with van der Waals surface area (Å²) in [5.74, 6) is -0.155. The van der Waals surface area contributed by atoms with Crippen molar-refractivity contribution in [2.45, 2.75) is 18.9 Å². The fourth-order valence-electron chi connectivity index (χ4n) is 1.29. The van der Waals surface area contributed by atoms with Gasteiger partial charge < -0.3 is 20.3 Å². The molecule has 1 heterocycles. The molecule has 1 fully saturated rings. The summed E-state index contributed by atoms with van der Waals surface area (Å²) in [5, 5.41) is 8.60. The number of carbonyl (C=O) groups excluding carboxylic acids is 1. The van der Waals surface area contributed by atoms with Crippen molar-refractivity contribution >= 4 is 5.97 Å². The molecule has 1 aliphatic heterocycles. The van der Waals surface area contributed by atoms with Crippen LogP contribution >= 0.6 is 0 Å². The smallest absolute Gasteiger partial charge is 0.325 e. The van der Waals surface area contributed by atoms with Crippen LogP contribution in [-0.4, -0.2) is 43.5 Å². The molecule has 1 rings (SSSR count). The maximum Gasteiger partial charge on any atom is 0.325 e. The highest BCUT2D eigenvalue weighted by molar-refractivity contribution is 5.75. The zero-order valence-corrected chi connectivity index (χ0v) is 8.15. The van der Waals surface area contributed by atoms with Crippen LogP contribution in [0.2, 0.25) is 0 Å². The summed E-state index contributed by atoms with van der Waals surface area (Å²) in [6.07, 6.45) is 1.84. The fraction of sp³-hybridized carbons (Fsp3) is 0.889. The first kappa shape index (κ1) is 11.4. The van der Waals surface area contributed by atoms with Crippen LogP contribution in [0, 0.1) is 5.92 Å². The van der Waals surface area contributed by atoms with Gasteiger partial charge in [-0.05, 0) is 18.8 Å². The molecule has 3 N–H and O–H groups in total. The van der Waals surface area contributed by atoms with Crippen molar-refractivity contribution in [2.75, 3.05) is 26.4 Å². The number of esters is 1. The van der Waals surface area contributed by atoms with Crippen molar-refractivity contribution in [3.63, 3.8) is 0 Å². The third-order valence-corrected chi connectivity index (χ3v) is 2.30. The van der Waals surface area contributed by atoms with Crippen LogP contribution in [0.1, 0.15) is 12.8 Å². The Kier molecular flexibility index (Phi) is 4.86. The minimum Gasteiger partial charge on any atom is -0.464 e. The van der Waals surface area contributed by atoms with Gasteiger partial charge in [-0.3, -0.25) is 4.79 Å². The highest BCUT2D eigenvalue weighted by Gasteiger charge is 2.18. The second-order valence-electron chi connectivity index (χ2n) is 3.47. The fourth-order valence-corrected chi connectivity index (χ4v) is 1.29. The van der Waals surface area contributed by atoms with Crippen molar-refractivity contribution in [3.05, 3.63) is 0 Å². The molecule has 1 saturated heterocycles. The van der Waals surface area contributed by atoms with E-state index in [-0.39, 0.29) is 6.61 Å². The summed E-state index contributed by atoms with van der Waals surface area (Å²) in [4.78, 5) is 11.1. The molecule has 0 aromatic heterocycles. The summed E-state index contributed by atoms with van der Waals surface area (Å²) in [6, 6.07) is -0.908. The highest BCUT2D eigenvalue weighted by Crippen LogP contribution is 2.14. The number of rotatable bonds is 4. The first-order chi connectivity index (χ1) is 6.74. The first-order valence-electron chi connectivity index (χ1n) is 4.85. The monoisotopic (exact) mass is 203 g/mol. The topological polar surface area (TPSA) is 81.8 Å². The Balaban J connectivity index is 2.15. The van der Waals surface area contributed by atoms with Crippen molar-refractivity contribution in [3.8, 4) is 0 Å². The van der Waals surface area contributed by atoms with E-state index in [0.717, 1.165) is 26.1 Å². The summed E-state index contributed by atoms with van der Waals surface area (Å²) in [5.41, 5.74) is 5.28. The highest BCUT2D eigenvalue weighted by atomic mass is 16.5. The van der Waals surface area contributed by atoms with Crippen LogP contribution < -0.4 is 5.73 Å². The minimum atomic E-state index is -0.908. The van der Waals surface area contributed by atoms with Crippen LogP contribution in [0.15, 0.2) is 0 Å². The number of aliphatic hydroxyl groups excluding tert-OH is 1. The Labute approximate surface area is 83.2 Å². The number of carbonyl (C=O) groups is 1. The Bertz CT molecular complexity index is 180. The lowest BCUT2D eigenvalue weighted by molar-refractivity contribution is -0.148. The van der Waals surface area contributed by atoms with Crippen LogP contribution in [0.5, 0.6) is 0 Å². The largest absolute Gasteiger partial charge is 0.464 e. The number of hydrogen-bond acceptors (Lipinski definition) is 5. The summed E-state index contributed by atoms with van der Waals surface area (Å²) >= 11 is 0. The Morgan fingerprint density at radius 3 is 2.79 bits per heavy atom. The molecule has 82 valence electrons. The number of aliphatic hydroxyl groups is 1. The SMILES string of the molecule is N[C@@H](CO)C(=O)OCC1CCOCC1. The standard InChI is InChI=1S/C9H17NO4/c10-8(5-11)9(12)14-6-7-1-3-13-4-2-7/h7-8,11H,1-6,10H2/t8-/m0/s1. The Morgan fingerprint density at radius 1 is 1.57 bits per heavy atom. The van der Waals surface area contributed by atoms with E-state index in [1.54, 1.807) is 0 Å². The average Bonchev–Trinajstić information content (AvgIpc) is 2.26. The molecule has 5 heteroatoms. The molecule has 1 aliphatic rings. The van der Waals surface area contributed by atoms with E-state index in [9.17, 15) is 4.79 Å². The van der Waals surface area contributed by atoms with Crippen molar-refractivity contribution in [2.24, 2.45) is 11.7 Å². The van der Waals surface area contributed by atoms with Gasteiger partial charge in [0.25, 0.3) is 0 Å². The molecule has 1 atom stereocenters. The molecule has 14 heavy (non-hydrogen) atoms. The lowest BCUT2D eigenvalue weighted by Gasteiger charge is -2.22. The van der Waals surface area contributed by atoms with Gasteiger partial charge in [0.05, 0.1) is 13.2 Å². The molecule has 0 aromatic carbocycles. The predicted octanol–water partition coefficient (Wildman–Crippen LogP) is -0.724. The molecule has 0 radical (unpaired) electrons. The van der Waals surface area contributed by atoms with Crippen molar-refractivity contribution in [1.29, 1.82) is 0 Å². The summed E-state index contributed by atoms with van der Waals surface area (Å²) < 4.78 is 10.1. The van der Waals surface area contributed by atoms with Crippen LogP contribution in [0.3, 0.4) is 0 Å². The third-order valence-electron chi connectivity index (χ3n) is 2.30. The van der Waals surface area contributed by atoms with Crippen LogP contribution in [-0.2, 0) is 14.3 Å². The average molecular weight is 203 g/mol. The molecule has 0 amide bonds. The molecular weight excluding hydrogens is 186 g/mol. The van der Waals surface area contributed by atoms with E-state index in [4.69, 9.17) is 20.3 Å². The maximum atomic E-state index is 11.1. The van der Waals surface area contributed by atoms with Gasteiger partial charge in [-0.15, -0.1) is 0 Å². The van der Waals surface area contributed by atoms with Gasteiger partial charge in [0.15, 0.2) is 0 Å². The van der Waals surface area contributed by atoms with E-state index in [1.165, 1.54) is 0 Å². The van der Waals surface area contributed by atoms with E-state index in [1.807, 2.05) is 0 Å². The zero-order valence-electron chi connectivity index (χ0n) is 8.15. The van der Waals surface area contributed by atoms with Gasteiger partial charge >= 0.3 is 5.97 Å². The lowest BCUT2D eigenvalue weighted by atomic mass is 10.0. The third kappa shape index (κ3) is 3.61. The van der Waals surface area contributed by atoms with Gasteiger partial charge in [0.2, 0.25) is 0 Å². The molecule has 0 aromatic rings. The minimum absolute atomic E-state index is 0.368. The Hall–Kier alpha value is -0.650. The quantitative estimate of drug-likeness (QED) is 0.589. The maximum absolute atomic E-state index is 11.1. The molecule has 0 spiro atoms. The van der Waals surface area contributed by atoms with Gasteiger partial charge in [-0.1, -0.05) is 0 Å². The van der Waals surface area contributed by atoms with Crippen molar-refractivity contribution < 1.29 is 19.4 Å². The first-order valence-corrected chi connectivity index (χ1v) is 4.85. The molecule has 5 nitrogen and oxygen atoms in total. The van der Waals surface area contributed by atoms with Gasteiger partial charge in [-0.25, -0.2) is 0 Å². The van der Waals surface area contributed by atoms with E-state index in [2.05, 4.69) is 0 Å². The molecule has 0 aliphatic carbocycles. The lowest BCUT2D eigenvalue weighted by Crippen LogP contribution is -2.36. The summed E-state index contributed by atoms with van der Waals surface area (Å²) in [7, 11) is 0. The number of ether oxygens (including phenoxy) is 2. The number of hydrogen-bond donors (Lipinski definition) is 2.